The van der Waals surface area contributed by atoms with Gasteiger partial charge in [-0.05, 0) is 48.8 Å². The van der Waals surface area contributed by atoms with Crippen molar-refractivity contribution in [3.05, 3.63) is 36.8 Å². The van der Waals surface area contributed by atoms with Gasteiger partial charge in [-0.1, -0.05) is 20.8 Å². The van der Waals surface area contributed by atoms with E-state index in [1.807, 2.05) is 24.5 Å². The molecule has 4 heteroatoms. The predicted molar refractivity (Wildman–Crippen MR) is 85.6 cm³/mol. The third-order valence-corrected chi connectivity index (χ3v) is 4.53. The Morgan fingerprint density at radius 1 is 1.33 bits per heavy atom. The average Bonchev–Trinajstić information content (AvgIpc) is 2.96. The summed E-state index contributed by atoms with van der Waals surface area (Å²) in [5, 5.41) is 7.84. The fourth-order valence-electron chi connectivity index (χ4n) is 3.39. The molecule has 2 aromatic rings. The Hall–Kier alpha value is -1.84. The average molecular weight is 284 g/mol. The second kappa shape index (κ2) is 5.51. The van der Waals surface area contributed by atoms with Gasteiger partial charge in [0.2, 0.25) is 0 Å². The molecule has 0 aliphatic heterocycles. The highest BCUT2D eigenvalue weighted by atomic mass is 15.3. The summed E-state index contributed by atoms with van der Waals surface area (Å²) in [6.07, 6.45) is 9.37. The van der Waals surface area contributed by atoms with Crippen molar-refractivity contribution in [2.75, 3.05) is 5.32 Å². The van der Waals surface area contributed by atoms with Crippen molar-refractivity contribution < 1.29 is 0 Å². The highest BCUT2D eigenvalue weighted by Crippen LogP contribution is 2.39. The van der Waals surface area contributed by atoms with E-state index in [4.69, 9.17) is 0 Å². The normalized spacial score (nSPS) is 24.7. The van der Waals surface area contributed by atoms with Gasteiger partial charge in [0.15, 0.2) is 5.82 Å². The van der Waals surface area contributed by atoms with Crippen LogP contribution in [-0.4, -0.2) is 20.8 Å². The number of nitrogens with one attached hydrogen (secondary N) is 1. The van der Waals surface area contributed by atoms with Gasteiger partial charge >= 0.3 is 0 Å². The highest BCUT2D eigenvalue weighted by Gasteiger charge is 2.32. The maximum Gasteiger partial charge on any atom is 0.153 e. The molecule has 4 nitrogen and oxygen atoms in total. The van der Waals surface area contributed by atoms with Crippen LogP contribution in [0.3, 0.4) is 0 Å². The van der Waals surface area contributed by atoms with Crippen LogP contribution in [0, 0.1) is 11.3 Å². The van der Waals surface area contributed by atoms with E-state index in [1.54, 1.807) is 10.9 Å². The van der Waals surface area contributed by atoms with Gasteiger partial charge in [0.05, 0.1) is 11.9 Å². The zero-order valence-corrected chi connectivity index (χ0v) is 13.1. The lowest BCUT2D eigenvalue weighted by molar-refractivity contribution is 0.177. The van der Waals surface area contributed by atoms with Crippen LogP contribution in [0.1, 0.15) is 40.0 Å². The lowest BCUT2D eigenvalue weighted by atomic mass is 9.70. The molecule has 112 valence electrons. The van der Waals surface area contributed by atoms with Gasteiger partial charge in [-0.25, -0.2) is 9.67 Å². The molecule has 0 radical (unpaired) electrons. The number of rotatable bonds is 3. The molecule has 3 rings (SSSR count). The summed E-state index contributed by atoms with van der Waals surface area (Å²) in [6.45, 7) is 7.10. The lowest BCUT2D eigenvalue weighted by Gasteiger charge is -2.39. The first-order chi connectivity index (χ1) is 10.0. The summed E-state index contributed by atoms with van der Waals surface area (Å²) >= 11 is 0. The zero-order chi connectivity index (χ0) is 14.9. The lowest BCUT2D eigenvalue weighted by Crippen LogP contribution is -2.36. The molecule has 0 amide bonds. The van der Waals surface area contributed by atoms with Gasteiger partial charge in [0.1, 0.15) is 0 Å². The van der Waals surface area contributed by atoms with E-state index in [0.717, 1.165) is 11.5 Å². The first-order valence-electron chi connectivity index (χ1n) is 7.76. The van der Waals surface area contributed by atoms with Gasteiger partial charge in [0.25, 0.3) is 0 Å². The minimum atomic E-state index is 0.486. The van der Waals surface area contributed by atoms with Crippen molar-refractivity contribution in [2.24, 2.45) is 11.3 Å². The molecule has 0 aromatic carbocycles. The number of pyridine rings is 1. The molecule has 21 heavy (non-hydrogen) atoms. The summed E-state index contributed by atoms with van der Waals surface area (Å²) < 4.78 is 1.77. The van der Waals surface area contributed by atoms with Crippen molar-refractivity contribution in [3.63, 3.8) is 0 Å². The standard InChI is InChI=1S/C17H24N4/c1-13-11-17(2,3)8-7-15(13)20-14-5-6-16(18-12-14)21-10-4-9-19-21/h4-6,9-10,12-13,15,20H,7-8,11H2,1-3H3. The Labute approximate surface area is 126 Å². The number of anilines is 1. The van der Waals surface area contributed by atoms with Crippen molar-refractivity contribution >= 4 is 5.69 Å². The largest absolute Gasteiger partial charge is 0.381 e. The number of aromatic nitrogens is 3. The molecule has 2 heterocycles. The van der Waals surface area contributed by atoms with Crippen molar-refractivity contribution in [2.45, 2.75) is 46.1 Å². The Bertz CT molecular complexity index is 571. The van der Waals surface area contributed by atoms with Crippen molar-refractivity contribution in [1.29, 1.82) is 0 Å². The minimum absolute atomic E-state index is 0.486. The molecule has 2 aromatic heterocycles. The number of hydrogen-bond acceptors (Lipinski definition) is 3. The van der Waals surface area contributed by atoms with E-state index < -0.39 is 0 Å². The molecule has 1 fully saturated rings. The Kier molecular flexibility index (Phi) is 3.70. The Morgan fingerprint density at radius 2 is 2.19 bits per heavy atom. The third kappa shape index (κ3) is 3.26. The zero-order valence-electron chi connectivity index (χ0n) is 13.1. The molecule has 0 bridgehead atoms. The number of hydrogen-bond donors (Lipinski definition) is 1. The second-order valence-electron chi connectivity index (χ2n) is 6.99. The number of nitrogens with zero attached hydrogens (tertiary/aromatic N) is 3. The molecule has 1 N–H and O–H groups in total. The smallest absolute Gasteiger partial charge is 0.153 e. The SMILES string of the molecule is CC1CC(C)(C)CCC1Nc1ccc(-n2cccn2)nc1. The summed E-state index contributed by atoms with van der Waals surface area (Å²) in [7, 11) is 0. The Balaban J connectivity index is 1.66. The molecular weight excluding hydrogens is 260 g/mol. The summed E-state index contributed by atoms with van der Waals surface area (Å²) in [5.41, 5.74) is 1.59. The van der Waals surface area contributed by atoms with Gasteiger partial charge < -0.3 is 5.32 Å². The van der Waals surface area contributed by atoms with Crippen molar-refractivity contribution in [1.82, 2.24) is 14.8 Å². The molecule has 0 spiro atoms. The van der Waals surface area contributed by atoms with Gasteiger partial charge in [0, 0.05) is 18.4 Å². The third-order valence-electron chi connectivity index (χ3n) is 4.53. The van der Waals surface area contributed by atoms with Gasteiger partial charge in [-0.3, -0.25) is 0 Å². The van der Waals surface area contributed by atoms with Gasteiger partial charge in [-0.2, -0.15) is 5.10 Å². The summed E-state index contributed by atoms with van der Waals surface area (Å²) in [4.78, 5) is 4.48. The van der Waals surface area contributed by atoms with E-state index in [9.17, 15) is 0 Å². The van der Waals surface area contributed by atoms with Crippen LogP contribution >= 0.6 is 0 Å². The molecule has 0 saturated heterocycles. The first kappa shape index (κ1) is 14.1. The maximum atomic E-state index is 4.48. The van der Waals surface area contributed by atoms with Crippen LogP contribution in [0.5, 0.6) is 0 Å². The van der Waals surface area contributed by atoms with E-state index >= 15 is 0 Å². The van der Waals surface area contributed by atoms with Crippen molar-refractivity contribution in [3.8, 4) is 5.82 Å². The highest BCUT2D eigenvalue weighted by molar-refractivity contribution is 5.44. The molecule has 1 aliphatic carbocycles. The van der Waals surface area contributed by atoms with E-state index in [2.05, 4.69) is 42.2 Å². The van der Waals surface area contributed by atoms with Crippen LogP contribution < -0.4 is 5.32 Å². The maximum absolute atomic E-state index is 4.48. The van der Waals surface area contributed by atoms with E-state index in [0.29, 0.717) is 17.4 Å². The molecule has 2 atom stereocenters. The fourth-order valence-corrected chi connectivity index (χ4v) is 3.39. The first-order valence-corrected chi connectivity index (χ1v) is 7.76. The van der Waals surface area contributed by atoms with Gasteiger partial charge in [-0.15, -0.1) is 0 Å². The van der Waals surface area contributed by atoms with Crippen LogP contribution in [-0.2, 0) is 0 Å². The van der Waals surface area contributed by atoms with E-state index in [-0.39, 0.29) is 0 Å². The van der Waals surface area contributed by atoms with Crippen LogP contribution in [0.2, 0.25) is 0 Å². The molecular formula is C17H24N4. The van der Waals surface area contributed by atoms with E-state index in [1.165, 1.54) is 19.3 Å². The molecule has 1 saturated carbocycles. The summed E-state index contributed by atoms with van der Waals surface area (Å²) in [5.74, 6) is 1.54. The van der Waals surface area contributed by atoms with Crippen LogP contribution in [0.4, 0.5) is 5.69 Å². The summed E-state index contributed by atoms with van der Waals surface area (Å²) in [6, 6.07) is 6.55. The van der Waals surface area contributed by atoms with Crippen LogP contribution in [0.15, 0.2) is 36.8 Å². The second-order valence-corrected chi connectivity index (χ2v) is 6.99. The predicted octanol–water partition coefficient (Wildman–Crippen LogP) is 3.89. The topological polar surface area (TPSA) is 42.7 Å². The van der Waals surface area contributed by atoms with Crippen LogP contribution in [0.25, 0.3) is 5.82 Å². The minimum Gasteiger partial charge on any atom is -0.381 e. The Morgan fingerprint density at radius 3 is 2.81 bits per heavy atom. The monoisotopic (exact) mass is 284 g/mol. The quantitative estimate of drug-likeness (QED) is 0.929. The molecule has 1 aliphatic rings. The fraction of sp³-hybridized carbons (Fsp3) is 0.529. The molecule has 2 unspecified atom stereocenters.